The normalized spacial score (nSPS) is 12.9. The Hall–Kier alpha value is -2.82. The molecule has 130 valence electrons. The molecular weight excluding hydrogens is 318 g/mol. The van der Waals surface area contributed by atoms with Gasteiger partial charge in [0.2, 0.25) is 0 Å². The third kappa shape index (κ3) is 3.22. The summed E-state index contributed by atoms with van der Waals surface area (Å²) in [6.45, 7) is 3.34. The standard InChI is InChI=1S/C20H21NO4/c1-20(2,18(22)24-3)21-19(23)25-12-17-15-10-6-4-8-13(15)14-9-5-7-11-16(14)17/h4-11,17H,12H2,1-3H3,(H,21,23). The fourth-order valence-electron chi connectivity index (χ4n) is 3.20. The average Bonchev–Trinajstić information content (AvgIpc) is 2.93. The molecule has 0 unspecified atom stereocenters. The number of alkyl carbamates (subject to hydrolysis) is 1. The third-order valence-electron chi connectivity index (χ3n) is 4.45. The molecule has 25 heavy (non-hydrogen) atoms. The second kappa shape index (κ2) is 6.59. The van der Waals surface area contributed by atoms with E-state index >= 15 is 0 Å². The van der Waals surface area contributed by atoms with Gasteiger partial charge >= 0.3 is 12.1 Å². The maximum absolute atomic E-state index is 12.1. The van der Waals surface area contributed by atoms with E-state index < -0.39 is 17.6 Å². The van der Waals surface area contributed by atoms with Gasteiger partial charge in [-0.15, -0.1) is 0 Å². The summed E-state index contributed by atoms with van der Waals surface area (Å²) in [7, 11) is 1.28. The SMILES string of the molecule is COC(=O)C(C)(C)NC(=O)OCC1c2ccccc2-c2ccccc21. The number of esters is 1. The van der Waals surface area contributed by atoms with E-state index in [0.717, 1.165) is 11.1 Å². The van der Waals surface area contributed by atoms with Gasteiger partial charge in [0.1, 0.15) is 12.1 Å². The van der Waals surface area contributed by atoms with E-state index in [1.165, 1.54) is 18.2 Å². The summed E-state index contributed by atoms with van der Waals surface area (Å²) < 4.78 is 10.1. The third-order valence-corrected chi connectivity index (χ3v) is 4.45. The van der Waals surface area contributed by atoms with Gasteiger partial charge < -0.3 is 14.8 Å². The molecule has 1 amide bonds. The Balaban J connectivity index is 1.74. The zero-order chi connectivity index (χ0) is 18.0. The first-order chi connectivity index (χ1) is 11.9. The van der Waals surface area contributed by atoms with Crippen molar-refractivity contribution in [1.29, 1.82) is 0 Å². The van der Waals surface area contributed by atoms with Crippen molar-refractivity contribution in [3.8, 4) is 11.1 Å². The highest BCUT2D eigenvalue weighted by Gasteiger charge is 2.33. The molecule has 1 aliphatic rings. The lowest BCUT2D eigenvalue weighted by Gasteiger charge is -2.23. The minimum absolute atomic E-state index is 0.0145. The fraction of sp³-hybridized carbons (Fsp3) is 0.300. The van der Waals surface area contributed by atoms with Crippen LogP contribution in [0.15, 0.2) is 48.5 Å². The molecule has 0 fully saturated rings. The van der Waals surface area contributed by atoms with Crippen LogP contribution in [-0.2, 0) is 14.3 Å². The predicted molar refractivity (Wildman–Crippen MR) is 94.3 cm³/mol. The summed E-state index contributed by atoms with van der Waals surface area (Å²) >= 11 is 0. The highest BCUT2D eigenvalue weighted by Crippen LogP contribution is 2.44. The second-order valence-electron chi connectivity index (χ2n) is 6.57. The molecule has 2 aromatic carbocycles. The number of ether oxygens (including phenoxy) is 2. The molecule has 0 saturated heterocycles. The van der Waals surface area contributed by atoms with Crippen LogP contribution in [0.3, 0.4) is 0 Å². The molecule has 1 aliphatic carbocycles. The lowest BCUT2D eigenvalue weighted by Crippen LogP contribution is -2.50. The van der Waals surface area contributed by atoms with Gasteiger partial charge in [-0.3, -0.25) is 0 Å². The van der Waals surface area contributed by atoms with E-state index in [-0.39, 0.29) is 12.5 Å². The first-order valence-electron chi connectivity index (χ1n) is 8.15. The lowest BCUT2D eigenvalue weighted by atomic mass is 9.98. The Morgan fingerprint density at radius 2 is 1.52 bits per heavy atom. The first-order valence-corrected chi connectivity index (χ1v) is 8.15. The number of carbonyl (C=O) groups excluding carboxylic acids is 2. The quantitative estimate of drug-likeness (QED) is 0.866. The van der Waals surface area contributed by atoms with Crippen LogP contribution >= 0.6 is 0 Å². The zero-order valence-corrected chi connectivity index (χ0v) is 14.5. The lowest BCUT2D eigenvalue weighted by molar-refractivity contribution is -0.146. The smallest absolute Gasteiger partial charge is 0.408 e. The number of fused-ring (bicyclic) bond motifs is 3. The van der Waals surface area contributed by atoms with Gasteiger partial charge in [-0.25, -0.2) is 9.59 Å². The molecule has 0 heterocycles. The van der Waals surface area contributed by atoms with Gasteiger partial charge in [0.05, 0.1) is 7.11 Å². The van der Waals surface area contributed by atoms with Crippen molar-refractivity contribution in [1.82, 2.24) is 5.32 Å². The van der Waals surface area contributed by atoms with Crippen molar-refractivity contribution >= 4 is 12.1 Å². The Kier molecular flexibility index (Phi) is 4.49. The number of nitrogens with one attached hydrogen (secondary N) is 1. The summed E-state index contributed by atoms with van der Waals surface area (Å²) in [5, 5.41) is 2.54. The first kappa shape index (κ1) is 17.0. The van der Waals surface area contributed by atoms with Gasteiger partial charge in [-0.1, -0.05) is 48.5 Å². The molecule has 0 bridgehead atoms. The summed E-state index contributed by atoms with van der Waals surface area (Å²) in [5.41, 5.74) is 3.48. The summed E-state index contributed by atoms with van der Waals surface area (Å²) in [4.78, 5) is 23.8. The van der Waals surface area contributed by atoms with Crippen molar-refractivity contribution in [3.63, 3.8) is 0 Å². The summed E-state index contributed by atoms with van der Waals surface area (Å²) in [6.07, 6.45) is -0.641. The summed E-state index contributed by atoms with van der Waals surface area (Å²) in [6, 6.07) is 16.2. The number of hydrogen-bond donors (Lipinski definition) is 1. The molecule has 0 atom stereocenters. The fourth-order valence-corrected chi connectivity index (χ4v) is 3.20. The van der Waals surface area contributed by atoms with Crippen molar-refractivity contribution in [2.45, 2.75) is 25.3 Å². The maximum Gasteiger partial charge on any atom is 0.408 e. The molecule has 0 spiro atoms. The number of amides is 1. The number of methoxy groups -OCH3 is 1. The Labute approximate surface area is 147 Å². The van der Waals surface area contributed by atoms with Gasteiger partial charge in [0.15, 0.2) is 0 Å². The molecule has 5 heteroatoms. The van der Waals surface area contributed by atoms with E-state index in [4.69, 9.17) is 4.74 Å². The number of rotatable bonds is 4. The number of benzene rings is 2. The van der Waals surface area contributed by atoms with Crippen LogP contribution in [-0.4, -0.2) is 31.3 Å². The number of carbonyl (C=O) groups is 2. The highest BCUT2D eigenvalue weighted by molar-refractivity contribution is 5.85. The Morgan fingerprint density at radius 3 is 2.04 bits per heavy atom. The topological polar surface area (TPSA) is 64.6 Å². The van der Waals surface area contributed by atoms with Crippen LogP contribution in [0.5, 0.6) is 0 Å². The highest BCUT2D eigenvalue weighted by atomic mass is 16.6. The van der Waals surface area contributed by atoms with Crippen molar-refractivity contribution in [2.24, 2.45) is 0 Å². The monoisotopic (exact) mass is 339 g/mol. The van der Waals surface area contributed by atoms with Crippen LogP contribution < -0.4 is 5.32 Å². The average molecular weight is 339 g/mol. The van der Waals surface area contributed by atoms with E-state index in [1.54, 1.807) is 13.8 Å². The molecule has 0 saturated carbocycles. The van der Waals surface area contributed by atoms with E-state index in [1.807, 2.05) is 24.3 Å². The summed E-state index contributed by atoms with van der Waals surface area (Å²) in [5.74, 6) is -0.541. The minimum atomic E-state index is -1.14. The number of hydrogen-bond acceptors (Lipinski definition) is 4. The van der Waals surface area contributed by atoms with E-state index in [9.17, 15) is 9.59 Å². The predicted octanol–water partition coefficient (Wildman–Crippen LogP) is 3.48. The van der Waals surface area contributed by atoms with Crippen LogP contribution in [0.25, 0.3) is 11.1 Å². The maximum atomic E-state index is 12.1. The second-order valence-corrected chi connectivity index (χ2v) is 6.57. The van der Waals surface area contributed by atoms with Gasteiger partial charge in [0.25, 0.3) is 0 Å². The van der Waals surface area contributed by atoms with Gasteiger partial charge in [-0.2, -0.15) is 0 Å². The van der Waals surface area contributed by atoms with Crippen molar-refractivity contribution in [3.05, 3.63) is 59.7 Å². The van der Waals surface area contributed by atoms with Crippen LogP contribution in [0.1, 0.15) is 30.9 Å². The van der Waals surface area contributed by atoms with Gasteiger partial charge in [0, 0.05) is 5.92 Å². The molecule has 0 radical (unpaired) electrons. The molecule has 5 nitrogen and oxygen atoms in total. The molecule has 3 rings (SSSR count). The molecule has 0 aliphatic heterocycles. The van der Waals surface area contributed by atoms with Crippen molar-refractivity contribution in [2.75, 3.05) is 13.7 Å². The Bertz CT molecular complexity index is 767. The Morgan fingerprint density at radius 1 is 1.00 bits per heavy atom. The minimum Gasteiger partial charge on any atom is -0.467 e. The van der Waals surface area contributed by atoms with Crippen LogP contribution in [0, 0.1) is 0 Å². The van der Waals surface area contributed by atoms with E-state index in [2.05, 4.69) is 34.3 Å². The molecule has 0 aromatic heterocycles. The van der Waals surface area contributed by atoms with Gasteiger partial charge in [-0.05, 0) is 36.1 Å². The zero-order valence-electron chi connectivity index (χ0n) is 14.5. The largest absolute Gasteiger partial charge is 0.467 e. The molecule has 1 N–H and O–H groups in total. The van der Waals surface area contributed by atoms with E-state index in [0.29, 0.717) is 0 Å². The molecular formula is C20H21NO4. The molecule has 2 aromatic rings. The van der Waals surface area contributed by atoms with Crippen molar-refractivity contribution < 1.29 is 19.1 Å². The van der Waals surface area contributed by atoms with Crippen LogP contribution in [0.4, 0.5) is 4.79 Å². The van der Waals surface area contributed by atoms with Crippen LogP contribution in [0.2, 0.25) is 0 Å².